The number of aryl methyl sites for hydroxylation is 1. The van der Waals surface area contributed by atoms with Gasteiger partial charge in [0, 0.05) is 24.3 Å². The fourth-order valence-corrected chi connectivity index (χ4v) is 8.43. The summed E-state index contributed by atoms with van der Waals surface area (Å²) in [5, 5.41) is 3.30. The van der Waals surface area contributed by atoms with E-state index in [1.165, 1.54) is 43.2 Å². The zero-order valence-corrected chi connectivity index (χ0v) is 22.0. The predicted octanol–water partition coefficient (Wildman–Crippen LogP) is 6.75. The Labute approximate surface area is 212 Å². The molecule has 0 aliphatic heterocycles. The average molecular weight is 480 g/mol. The normalized spacial score (nSPS) is 32.8. The Hall–Kier alpha value is -1.84. The van der Waals surface area contributed by atoms with Crippen LogP contribution in [0.15, 0.2) is 18.2 Å². The summed E-state index contributed by atoms with van der Waals surface area (Å²) in [6.07, 6.45) is 16.4. The lowest BCUT2D eigenvalue weighted by atomic mass is 9.54. The molecule has 4 nitrogen and oxygen atoms in total. The number of Topliss-reactive ketones (excluding diaryl/α,β-unsaturated/α-hetero) is 1. The van der Waals surface area contributed by atoms with E-state index in [0.29, 0.717) is 41.9 Å². The second kappa shape index (κ2) is 10.6. The molecule has 3 fully saturated rings. The molecule has 1 N–H and O–H groups in total. The van der Waals surface area contributed by atoms with Crippen molar-refractivity contribution in [3.8, 4) is 5.75 Å². The molecule has 4 heteroatoms. The fourth-order valence-electron chi connectivity index (χ4n) is 8.43. The lowest BCUT2D eigenvalue weighted by Gasteiger charge is -2.50. The largest absolute Gasteiger partial charge is 0.497 e. The minimum Gasteiger partial charge on any atom is -0.497 e. The van der Waals surface area contributed by atoms with E-state index >= 15 is 0 Å². The number of fused-ring (bicyclic) bond motifs is 5. The zero-order valence-electron chi connectivity index (χ0n) is 22.0. The van der Waals surface area contributed by atoms with Crippen LogP contribution in [0, 0.1) is 23.2 Å². The van der Waals surface area contributed by atoms with E-state index in [2.05, 4.69) is 30.4 Å². The first-order valence-electron chi connectivity index (χ1n) is 14.5. The van der Waals surface area contributed by atoms with Crippen LogP contribution in [0.3, 0.4) is 0 Å². The van der Waals surface area contributed by atoms with Crippen LogP contribution < -0.4 is 10.1 Å². The third kappa shape index (κ3) is 5.04. The molecule has 0 aromatic heterocycles. The standard InChI is InChI=1S/C31H45NO3/c1-31-18-17-26-25-16-14-24(35-2)19-21(25)13-15-27(26)30(31)22(20-28(31)33)9-7-8-12-29(34)32-23-10-5-3-4-6-11-23/h14,16,19,22-23,26-27,30H,3-13,15,17-18,20H2,1-2H3,(H,32,34)/t22-,26-,27-,30+,31-/m1/s1. The summed E-state index contributed by atoms with van der Waals surface area (Å²) in [5.41, 5.74) is 2.83. The molecule has 35 heavy (non-hydrogen) atoms. The van der Waals surface area contributed by atoms with Crippen molar-refractivity contribution < 1.29 is 14.3 Å². The van der Waals surface area contributed by atoms with Gasteiger partial charge in [0.05, 0.1) is 7.11 Å². The molecule has 4 aliphatic carbocycles. The zero-order chi connectivity index (χ0) is 24.4. The van der Waals surface area contributed by atoms with Gasteiger partial charge in [0.1, 0.15) is 11.5 Å². The Kier molecular flexibility index (Phi) is 7.55. The summed E-state index contributed by atoms with van der Waals surface area (Å²) in [7, 11) is 1.75. The first-order chi connectivity index (χ1) is 17.0. The predicted molar refractivity (Wildman–Crippen MR) is 140 cm³/mol. The molecule has 3 saturated carbocycles. The molecule has 0 bridgehead atoms. The number of carbonyl (C=O) groups is 2. The van der Waals surface area contributed by atoms with Gasteiger partial charge in [0.2, 0.25) is 5.91 Å². The second-order valence-corrected chi connectivity index (χ2v) is 12.2. The number of hydrogen-bond acceptors (Lipinski definition) is 3. The topological polar surface area (TPSA) is 55.4 Å². The monoisotopic (exact) mass is 479 g/mol. The number of rotatable bonds is 7. The Morgan fingerprint density at radius 1 is 1.09 bits per heavy atom. The van der Waals surface area contributed by atoms with Crippen LogP contribution in [0.2, 0.25) is 0 Å². The minimum absolute atomic E-state index is 0.132. The van der Waals surface area contributed by atoms with Crippen LogP contribution in [0.4, 0.5) is 0 Å². The van der Waals surface area contributed by atoms with Gasteiger partial charge in [0.25, 0.3) is 0 Å². The van der Waals surface area contributed by atoms with E-state index < -0.39 is 0 Å². The van der Waals surface area contributed by atoms with E-state index in [0.717, 1.165) is 63.5 Å². The average Bonchev–Trinajstić information content (AvgIpc) is 3.00. The van der Waals surface area contributed by atoms with Crippen LogP contribution in [0.1, 0.15) is 114 Å². The SMILES string of the molecule is COc1ccc2c(c1)CC[C@H]1[C@@H]3[C@H](CCCCC(=O)NC4CCCCCC4)CC(=O)[C@@]3(C)CC[C@H]21. The number of hydrogen-bond donors (Lipinski definition) is 1. The van der Waals surface area contributed by atoms with Crippen molar-refractivity contribution >= 4 is 11.7 Å². The molecule has 192 valence electrons. The summed E-state index contributed by atoms with van der Waals surface area (Å²) < 4.78 is 5.48. The molecule has 5 atom stereocenters. The van der Waals surface area contributed by atoms with Crippen LogP contribution in [-0.2, 0) is 16.0 Å². The maximum Gasteiger partial charge on any atom is 0.220 e. The molecule has 1 aromatic carbocycles. The van der Waals surface area contributed by atoms with Gasteiger partial charge in [-0.1, -0.05) is 45.1 Å². The fraction of sp³-hybridized carbons (Fsp3) is 0.742. The first-order valence-corrected chi connectivity index (χ1v) is 14.5. The number of carbonyl (C=O) groups excluding carboxylic acids is 2. The van der Waals surface area contributed by atoms with Crippen molar-refractivity contribution in [3.63, 3.8) is 0 Å². The quantitative estimate of drug-likeness (QED) is 0.348. The van der Waals surface area contributed by atoms with Crippen LogP contribution in [0.25, 0.3) is 0 Å². The van der Waals surface area contributed by atoms with Gasteiger partial charge < -0.3 is 10.1 Å². The summed E-state index contributed by atoms with van der Waals surface area (Å²) in [4.78, 5) is 25.8. The summed E-state index contributed by atoms with van der Waals surface area (Å²) in [6, 6.07) is 7.04. The third-order valence-electron chi connectivity index (χ3n) is 10.2. The Balaban J connectivity index is 1.19. The summed E-state index contributed by atoms with van der Waals surface area (Å²) >= 11 is 0. The van der Waals surface area contributed by atoms with E-state index in [1.54, 1.807) is 7.11 Å². The number of ether oxygens (including phenoxy) is 1. The molecule has 0 unspecified atom stereocenters. The highest BCUT2D eigenvalue weighted by molar-refractivity contribution is 5.87. The van der Waals surface area contributed by atoms with Gasteiger partial charge in [-0.05, 0) is 98.3 Å². The van der Waals surface area contributed by atoms with Gasteiger partial charge in [-0.25, -0.2) is 0 Å². The van der Waals surface area contributed by atoms with E-state index in [-0.39, 0.29) is 11.3 Å². The highest BCUT2D eigenvalue weighted by Crippen LogP contribution is 2.62. The minimum atomic E-state index is -0.132. The van der Waals surface area contributed by atoms with E-state index in [4.69, 9.17) is 4.74 Å². The second-order valence-electron chi connectivity index (χ2n) is 12.2. The number of unbranched alkanes of at least 4 members (excludes halogenated alkanes) is 1. The highest BCUT2D eigenvalue weighted by Gasteiger charge is 2.58. The number of methoxy groups -OCH3 is 1. The molecule has 0 spiro atoms. The van der Waals surface area contributed by atoms with Gasteiger partial charge in [-0.15, -0.1) is 0 Å². The number of nitrogens with one attached hydrogen (secondary N) is 1. The van der Waals surface area contributed by atoms with Gasteiger partial charge in [0.15, 0.2) is 0 Å². The molecular formula is C31H45NO3. The van der Waals surface area contributed by atoms with Crippen molar-refractivity contribution in [3.05, 3.63) is 29.3 Å². The number of benzene rings is 1. The molecular weight excluding hydrogens is 434 g/mol. The number of ketones is 1. The molecule has 1 amide bonds. The van der Waals surface area contributed by atoms with Crippen LogP contribution in [0.5, 0.6) is 5.75 Å². The van der Waals surface area contributed by atoms with Crippen molar-refractivity contribution in [1.29, 1.82) is 0 Å². The first kappa shape index (κ1) is 24.8. The Bertz CT molecular complexity index is 918. The van der Waals surface area contributed by atoms with Crippen LogP contribution in [-0.4, -0.2) is 24.8 Å². The maximum absolute atomic E-state index is 13.3. The van der Waals surface area contributed by atoms with Gasteiger partial charge in [-0.2, -0.15) is 0 Å². The smallest absolute Gasteiger partial charge is 0.220 e. The highest BCUT2D eigenvalue weighted by atomic mass is 16.5. The van der Waals surface area contributed by atoms with Gasteiger partial charge in [-0.3, -0.25) is 9.59 Å². The maximum atomic E-state index is 13.3. The van der Waals surface area contributed by atoms with Crippen molar-refractivity contribution in [2.45, 2.75) is 115 Å². The number of amides is 1. The molecule has 4 aliphatic rings. The lowest BCUT2D eigenvalue weighted by Crippen LogP contribution is -2.44. The Morgan fingerprint density at radius 3 is 2.66 bits per heavy atom. The third-order valence-corrected chi connectivity index (χ3v) is 10.2. The molecule has 1 aromatic rings. The van der Waals surface area contributed by atoms with Crippen molar-refractivity contribution in [1.82, 2.24) is 5.32 Å². The summed E-state index contributed by atoms with van der Waals surface area (Å²) in [5.74, 6) is 3.90. The lowest BCUT2D eigenvalue weighted by molar-refractivity contribution is -0.129. The van der Waals surface area contributed by atoms with Crippen LogP contribution >= 0.6 is 0 Å². The Morgan fingerprint density at radius 2 is 1.89 bits per heavy atom. The van der Waals surface area contributed by atoms with E-state index in [9.17, 15) is 9.59 Å². The van der Waals surface area contributed by atoms with E-state index in [1.807, 2.05) is 0 Å². The molecule has 0 saturated heterocycles. The summed E-state index contributed by atoms with van der Waals surface area (Å²) in [6.45, 7) is 2.28. The molecule has 0 heterocycles. The molecule has 0 radical (unpaired) electrons. The van der Waals surface area contributed by atoms with Crippen molar-refractivity contribution in [2.75, 3.05) is 7.11 Å². The van der Waals surface area contributed by atoms with Gasteiger partial charge >= 0.3 is 0 Å². The molecule has 5 rings (SSSR count). The van der Waals surface area contributed by atoms with Crippen molar-refractivity contribution in [2.24, 2.45) is 23.2 Å².